The van der Waals surface area contributed by atoms with Crippen LogP contribution in [-0.4, -0.2) is 12.3 Å². The zero-order valence-electron chi connectivity index (χ0n) is 19.5. The smallest absolute Gasteiger partial charge is 0.191 e. The molecule has 0 radical (unpaired) electrons. The van der Waals surface area contributed by atoms with Gasteiger partial charge < -0.3 is 4.74 Å². The first kappa shape index (κ1) is 24.4. The first-order valence-electron chi connectivity index (χ1n) is 12.6. The second-order valence-electron chi connectivity index (χ2n) is 9.82. The van der Waals surface area contributed by atoms with E-state index in [1.54, 1.807) is 13.2 Å². The van der Waals surface area contributed by atoms with Crippen molar-refractivity contribution < 1.29 is 9.13 Å². The maximum absolute atomic E-state index is 14.7. The average Bonchev–Trinajstić information content (AvgIpc) is 2.81. The summed E-state index contributed by atoms with van der Waals surface area (Å²) in [5.74, 6) is 3.06. The van der Waals surface area contributed by atoms with E-state index in [0.717, 1.165) is 36.2 Å². The summed E-state index contributed by atoms with van der Waals surface area (Å²) in [4.78, 5) is 3.82. The molecule has 0 aliphatic heterocycles. The molecule has 0 aromatic heterocycles. The minimum atomic E-state index is -0.410. The van der Waals surface area contributed by atoms with Gasteiger partial charge in [-0.1, -0.05) is 64.4 Å². The van der Waals surface area contributed by atoms with Crippen molar-refractivity contribution in [1.82, 2.24) is 0 Å². The third-order valence-corrected chi connectivity index (χ3v) is 8.05. The molecule has 1 aromatic carbocycles. The molecule has 0 saturated heterocycles. The number of hydrogen-bond acceptors (Lipinski definition) is 3. The number of rotatable bonds is 10. The van der Waals surface area contributed by atoms with Crippen molar-refractivity contribution in [3.8, 4) is 5.75 Å². The zero-order valence-corrected chi connectivity index (χ0v) is 20.3. The van der Waals surface area contributed by atoms with Crippen LogP contribution in [0, 0.1) is 23.6 Å². The van der Waals surface area contributed by atoms with Crippen molar-refractivity contribution in [3.05, 3.63) is 23.5 Å². The maximum atomic E-state index is 14.7. The van der Waals surface area contributed by atoms with Crippen molar-refractivity contribution in [2.75, 3.05) is 7.11 Å². The predicted molar refractivity (Wildman–Crippen MR) is 131 cm³/mol. The Kier molecular flexibility index (Phi) is 9.99. The SMILES string of the molecule is CCCCCCC[C@H]1CC[C@H]([C@H]2CC[C@H](c3ccc(N=C=S)c(F)c3OC)CC2)CC1. The molecule has 0 atom stereocenters. The summed E-state index contributed by atoms with van der Waals surface area (Å²) < 4.78 is 20.2. The number of methoxy groups -OCH3 is 1. The van der Waals surface area contributed by atoms with Crippen LogP contribution < -0.4 is 4.74 Å². The number of ether oxygens (including phenoxy) is 1. The second-order valence-corrected chi connectivity index (χ2v) is 10.0. The molecule has 2 nitrogen and oxygen atoms in total. The fourth-order valence-electron chi connectivity index (χ4n) is 6.11. The molecule has 172 valence electrons. The van der Waals surface area contributed by atoms with Crippen LogP contribution in [0.2, 0.25) is 0 Å². The van der Waals surface area contributed by atoms with Crippen LogP contribution in [0.1, 0.15) is 108 Å². The Morgan fingerprint density at radius 3 is 2.23 bits per heavy atom. The molecule has 3 rings (SSSR count). The largest absolute Gasteiger partial charge is 0.493 e. The van der Waals surface area contributed by atoms with Crippen molar-refractivity contribution in [2.45, 2.75) is 103 Å². The highest BCUT2D eigenvalue weighted by molar-refractivity contribution is 7.78. The molecule has 2 aliphatic carbocycles. The fraction of sp³-hybridized carbons (Fsp3) is 0.741. The minimum absolute atomic E-state index is 0.214. The Morgan fingerprint density at radius 1 is 0.968 bits per heavy atom. The number of halogens is 1. The van der Waals surface area contributed by atoms with Crippen LogP contribution in [-0.2, 0) is 0 Å². The normalized spacial score (nSPS) is 26.3. The highest BCUT2D eigenvalue weighted by Crippen LogP contribution is 2.47. The molecule has 4 heteroatoms. The van der Waals surface area contributed by atoms with Gasteiger partial charge in [0.25, 0.3) is 0 Å². The minimum Gasteiger partial charge on any atom is -0.493 e. The van der Waals surface area contributed by atoms with Gasteiger partial charge in [-0.05, 0) is 80.5 Å². The van der Waals surface area contributed by atoms with Gasteiger partial charge in [-0.15, -0.1) is 0 Å². The Balaban J connectivity index is 1.46. The molecule has 2 saturated carbocycles. The van der Waals surface area contributed by atoms with Crippen LogP contribution in [0.25, 0.3) is 0 Å². The Morgan fingerprint density at radius 2 is 1.61 bits per heavy atom. The molecule has 31 heavy (non-hydrogen) atoms. The molecular weight excluding hydrogens is 405 g/mol. The van der Waals surface area contributed by atoms with Gasteiger partial charge in [0.1, 0.15) is 5.69 Å². The number of hydrogen-bond donors (Lipinski definition) is 0. The topological polar surface area (TPSA) is 21.6 Å². The van der Waals surface area contributed by atoms with Crippen LogP contribution in [0.4, 0.5) is 10.1 Å². The number of unbranched alkanes of at least 4 members (excludes halogenated alkanes) is 4. The molecule has 2 fully saturated rings. The summed E-state index contributed by atoms with van der Waals surface area (Å²) in [6, 6.07) is 3.69. The lowest BCUT2D eigenvalue weighted by Crippen LogP contribution is -2.25. The highest BCUT2D eigenvalue weighted by atomic mass is 32.1. The van der Waals surface area contributed by atoms with Gasteiger partial charge in [-0.25, -0.2) is 4.39 Å². The van der Waals surface area contributed by atoms with Gasteiger partial charge >= 0.3 is 0 Å². The summed E-state index contributed by atoms with van der Waals surface area (Å²) in [7, 11) is 1.54. The maximum Gasteiger partial charge on any atom is 0.191 e. The summed E-state index contributed by atoms with van der Waals surface area (Å²) in [5, 5.41) is 2.25. The van der Waals surface area contributed by atoms with E-state index in [0.29, 0.717) is 11.7 Å². The van der Waals surface area contributed by atoms with Gasteiger partial charge in [0, 0.05) is 5.56 Å². The second kappa shape index (κ2) is 12.7. The number of isothiocyanates is 1. The van der Waals surface area contributed by atoms with Gasteiger partial charge in [0.05, 0.1) is 12.3 Å². The first-order chi connectivity index (χ1) is 15.2. The van der Waals surface area contributed by atoms with Gasteiger partial charge in [0.2, 0.25) is 0 Å². The van der Waals surface area contributed by atoms with E-state index < -0.39 is 5.82 Å². The standard InChI is InChI=1S/C27H40FNOS/c1-3-4-5-6-7-8-20-9-11-21(12-10-20)22-13-15-23(16-14-22)24-17-18-25(29-19-31)26(28)27(24)30-2/h17-18,20-23H,3-16H2,1-2H3/t20-,21-,22-,23-. The fourth-order valence-corrected chi connectivity index (χ4v) is 6.21. The molecule has 2 aliphatic rings. The Hall–Kier alpha value is -1.25. The summed E-state index contributed by atoms with van der Waals surface area (Å²) in [5.41, 5.74) is 1.21. The molecule has 0 bridgehead atoms. The van der Waals surface area contributed by atoms with Gasteiger partial charge in [-0.3, -0.25) is 0 Å². The number of benzene rings is 1. The van der Waals surface area contributed by atoms with Crippen molar-refractivity contribution >= 4 is 23.1 Å². The number of nitrogens with zero attached hydrogens (tertiary/aromatic N) is 1. The molecule has 0 unspecified atom stereocenters. The van der Waals surface area contributed by atoms with E-state index >= 15 is 0 Å². The van der Waals surface area contributed by atoms with Crippen LogP contribution >= 0.6 is 12.2 Å². The first-order valence-corrected chi connectivity index (χ1v) is 13.0. The Bertz CT molecular complexity index is 729. The van der Waals surface area contributed by atoms with Crippen molar-refractivity contribution in [1.29, 1.82) is 0 Å². The molecule has 1 aromatic rings. The molecule has 0 amide bonds. The van der Waals surface area contributed by atoms with E-state index in [1.165, 1.54) is 77.0 Å². The quantitative estimate of drug-likeness (QED) is 0.203. The third-order valence-electron chi connectivity index (χ3n) is 7.96. The summed E-state index contributed by atoms with van der Waals surface area (Å²) in [6.45, 7) is 2.29. The van der Waals surface area contributed by atoms with Crippen LogP contribution in [0.15, 0.2) is 17.1 Å². The van der Waals surface area contributed by atoms with E-state index in [2.05, 4.69) is 29.3 Å². The van der Waals surface area contributed by atoms with Gasteiger partial charge in [0.15, 0.2) is 11.6 Å². The summed E-state index contributed by atoms with van der Waals surface area (Å²) in [6.07, 6.45) is 19.0. The molecule has 0 N–H and O–H groups in total. The van der Waals surface area contributed by atoms with E-state index in [9.17, 15) is 4.39 Å². The van der Waals surface area contributed by atoms with Crippen molar-refractivity contribution in [2.24, 2.45) is 22.7 Å². The molecule has 0 spiro atoms. The average molecular weight is 446 g/mol. The zero-order chi connectivity index (χ0) is 22.1. The number of thiocarbonyl (C=S) groups is 1. The third kappa shape index (κ3) is 6.62. The lowest BCUT2D eigenvalue weighted by atomic mass is 9.68. The van der Waals surface area contributed by atoms with Gasteiger partial charge in [-0.2, -0.15) is 4.99 Å². The summed E-state index contributed by atoms with van der Waals surface area (Å²) >= 11 is 4.63. The van der Waals surface area contributed by atoms with E-state index in [1.807, 2.05) is 6.07 Å². The molecule has 0 heterocycles. The van der Waals surface area contributed by atoms with E-state index in [4.69, 9.17) is 4.74 Å². The Labute approximate surface area is 194 Å². The van der Waals surface area contributed by atoms with E-state index in [-0.39, 0.29) is 5.69 Å². The lowest BCUT2D eigenvalue weighted by molar-refractivity contribution is 0.155. The van der Waals surface area contributed by atoms with Crippen LogP contribution in [0.5, 0.6) is 5.75 Å². The molecular formula is C27H40FNOS. The highest BCUT2D eigenvalue weighted by Gasteiger charge is 2.32. The van der Waals surface area contributed by atoms with Crippen LogP contribution in [0.3, 0.4) is 0 Å². The number of aliphatic imine (C=N–C) groups is 1. The lowest BCUT2D eigenvalue weighted by Gasteiger charge is -2.38. The van der Waals surface area contributed by atoms with Crippen molar-refractivity contribution in [3.63, 3.8) is 0 Å². The predicted octanol–water partition coefficient (Wildman–Crippen LogP) is 9.01. The monoisotopic (exact) mass is 445 g/mol.